The third kappa shape index (κ3) is 6.52. The van der Waals surface area contributed by atoms with Gasteiger partial charge in [0.15, 0.2) is 0 Å². The minimum Gasteiger partial charge on any atom is -0.497 e. The van der Waals surface area contributed by atoms with Crippen molar-refractivity contribution in [3.8, 4) is 11.5 Å². The number of hydrogen-bond donors (Lipinski definition) is 2. The molecule has 6 nitrogen and oxygen atoms in total. The summed E-state index contributed by atoms with van der Waals surface area (Å²) in [5.41, 5.74) is 1.91. The van der Waals surface area contributed by atoms with E-state index in [1.54, 1.807) is 31.4 Å². The van der Waals surface area contributed by atoms with Gasteiger partial charge in [0.25, 0.3) is 5.91 Å². The van der Waals surface area contributed by atoms with Crippen LogP contribution in [0.5, 0.6) is 11.5 Å². The van der Waals surface area contributed by atoms with Crippen LogP contribution in [0.4, 0.5) is 11.4 Å². The van der Waals surface area contributed by atoms with Crippen molar-refractivity contribution in [3.05, 3.63) is 78.4 Å². The maximum absolute atomic E-state index is 12.6. The molecule has 0 aromatic heterocycles. The number of amides is 2. The highest BCUT2D eigenvalue weighted by Gasteiger charge is 2.15. The van der Waals surface area contributed by atoms with Crippen LogP contribution in [0, 0.1) is 0 Å². The van der Waals surface area contributed by atoms with Gasteiger partial charge >= 0.3 is 0 Å². The lowest BCUT2D eigenvalue weighted by atomic mass is 10.2. The first-order valence-electron chi connectivity index (χ1n) is 10.2. The number of anilines is 2. The minimum atomic E-state index is -0.325. The molecule has 2 amide bonds. The quantitative estimate of drug-likeness (QED) is 0.423. The largest absolute Gasteiger partial charge is 0.497 e. The Kier molecular flexibility index (Phi) is 8.16. The molecule has 3 rings (SSSR count). The molecule has 1 unspecified atom stereocenters. The number of ether oxygens (including phenoxy) is 2. The van der Waals surface area contributed by atoms with Gasteiger partial charge in [0.2, 0.25) is 5.91 Å². The van der Waals surface area contributed by atoms with E-state index in [2.05, 4.69) is 10.6 Å². The summed E-state index contributed by atoms with van der Waals surface area (Å²) < 4.78 is 10.5. The molecule has 0 aliphatic carbocycles. The standard InChI is InChI=1S/C25H26N2O4S/c1-4-31-22-14-10-19(11-15-22)26-24(28)17(2)32-23-7-5-6-20(16-23)27-25(29)18-8-12-21(30-3)13-9-18/h5-17H,4H2,1-3H3,(H,26,28)(H,27,29). The Morgan fingerprint density at radius 2 is 1.59 bits per heavy atom. The lowest BCUT2D eigenvalue weighted by molar-refractivity contribution is -0.115. The molecule has 0 saturated heterocycles. The van der Waals surface area contributed by atoms with E-state index in [1.807, 2.05) is 62.4 Å². The number of benzene rings is 3. The van der Waals surface area contributed by atoms with Crippen LogP contribution >= 0.6 is 11.8 Å². The molecule has 3 aromatic carbocycles. The van der Waals surface area contributed by atoms with Crippen molar-refractivity contribution in [2.24, 2.45) is 0 Å². The van der Waals surface area contributed by atoms with Crippen LogP contribution in [0.15, 0.2) is 77.7 Å². The van der Waals surface area contributed by atoms with Crippen LogP contribution in [0.25, 0.3) is 0 Å². The summed E-state index contributed by atoms with van der Waals surface area (Å²) in [4.78, 5) is 26.0. The number of methoxy groups -OCH3 is 1. The topological polar surface area (TPSA) is 76.7 Å². The first-order chi connectivity index (χ1) is 15.5. The number of carbonyl (C=O) groups is 2. The van der Waals surface area contributed by atoms with E-state index in [9.17, 15) is 9.59 Å². The molecule has 0 fully saturated rings. The SMILES string of the molecule is CCOc1ccc(NC(=O)C(C)Sc2cccc(NC(=O)c3ccc(OC)cc3)c2)cc1. The third-order valence-electron chi connectivity index (χ3n) is 4.56. The average molecular weight is 451 g/mol. The second-order valence-corrected chi connectivity index (χ2v) is 8.33. The van der Waals surface area contributed by atoms with Crippen LogP contribution < -0.4 is 20.1 Å². The molecular formula is C25H26N2O4S. The first kappa shape index (κ1) is 23.2. The molecule has 0 radical (unpaired) electrons. The summed E-state index contributed by atoms with van der Waals surface area (Å²) in [5, 5.41) is 5.48. The van der Waals surface area contributed by atoms with Gasteiger partial charge in [-0.1, -0.05) is 6.07 Å². The number of thioether (sulfide) groups is 1. The van der Waals surface area contributed by atoms with Gasteiger partial charge in [-0.25, -0.2) is 0 Å². The lowest BCUT2D eigenvalue weighted by Crippen LogP contribution is -2.22. The molecule has 0 bridgehead atoms. The second kappa shape index (κ2) is 11.2. The molecule has 7 heteroatoms. The molecule has 0 aliphatic heterocycles. The van der Waals surface area contributed by atoms with Crippen molar-refractivity contribution in [2.45, 2.75) is 24.0 Å². The molecule has 0 saturated carbocycles. The van der Waals surface area contributed by atoms with Crippen molar-refractivity contribution in [2.75, 3.05) is 24.4 Å². The molecule has 0 heterocycles. The maximum Gasteiger partial charge on any atom is 0.255 e. The zero-order valence-corrected chi connectivity index (χ0v) is 19.1. The summed E-state index contributed by atoms with van der Waals surface area (Å²) >= 11 is 1.42. The zero-order valence-electron chi connectivity index (χ0n) is 18.3. The summed E-state index contributed by atoms with van der Waals surface area (Å²) in [7, 11) is 1.58. The van der Waals surface area contributed by atoms with E-state index in [1.165, 1.54) is 11.8 Å². The molecule has 166 valence electrons. The second-order valence-electron chi connectivity index (χ2n) is 6.92. The fourth-order valence-electron chi connectivity index (χ4n) is 2.90. The van der Waals surface area contributed by atoms with Crippen LogP contribution in [0.2, 0.25) is 0 Å². The summed E-state index contributed by atoms with van der Waals surface area (Å²) in [6, 6.07) is 21.6. The number of hydrogen-bond acceptors (Lipinski definition) is 5. The fourth-order valence-corrected chi connectivity index (χ4v) is 3.82. The van der Waals surface area contributed by atoms with Gasteiger partial charge in [-0.15, -0.1) is 11.8 Å². The Balaban J connectivity index is 1.58. The van der Waals surface area contributed by atoms with Crippen molar-refractivity contribution >= 4 is 35.0 Å². The van der Waals surface area contributed by atoms with E-state index >= 15 is 0 Å². The highest BCUT2D eigenvalue weighted by molar-refractivity contribution is 8.00. The Hall–Kier alpha value is -3.45. The van der Waals surface area contributed by atoms with Gasteiger partial charge in [-0.2, -0.15) is 0 Å². The number of carbonyl (C=O) groups excluding carboxylic acids is 2. The lowest BCUT2D eigenvalue weighted by Gasteiger charge is -2.13. The third-order valence-corrected chi connectivity index (χ3v) is 5.65. The van der Waals surface area contributed by atoms with Crippen LogP contribution in [-0.2, 0) is 4.79 Å². The van der Waals surface area contributed by atoms with Gasteiger partial charge in [-0.3, -0.25) is 9.59 Å². The highest BCUT2D eigenvalue weighted by Crippen LogP contribution is 2.27. The van der Waals surface area contributed by atoms with E-state index in [4.69, 9.17) is 9.47 Å². The molecule has 2 N–H and O–H groups in total. The monoisotopic (exact) mass is 450 g/mol. The van der Waals surface area contributed by atoms with E-state index < -0.39 is 0 Å². The van der Waals surface area contributed by atoms with Crippen molar-refractivity contribution in [1.29, 1.82) is 0 Å². The fraction of sp³-hybridized carbons (Fsp3) is 0.200. The molecule has 0 spiro atoms. The highest BCUT2D eigenvalue weighted by atomic mass is 32.2. The van der Waals surface area contributed by atoms with Crippen molar-refractivity contribution < 1.29 is 19.1 Å². The normalized spacial score (nSPS) is 11.3. The van der Waals surface area contributed by atoms with Crippen LogP contribution in [0.1, 0.15) is 24.2 Å². The predicted octanol–water partition coefficient (Wildman–Crippen LogP) is 5.47. The van der Waals surface area contributed by atoms with Crippen LogP contribution in [0.3, 0.4) is 0 Å². The maximum atomic E-state index is 12.6. The Labute approximate surface area is 192 Å². The number of nitrogens with one attached hydrogen (secondary N) is 2. The number of rotatable bonds is 9. The van der Waals surface area contributed by atoms with Crippen LogP contribution in [-0.4, -0.2) is 30.8 Å². The summed E-state index contributed by atoms with van der Waals surface area (Å²) in [6.45, 7) is 4.37. The van der Waals surface area contributed by atoms with E-state index in [-0.39, 0.29) is 17.1 Å². The van der Waals surface area contributed by atoms with Gasteiger partial charge in [0, 0.05) is 21.8 Å². The van der Waals surface area contributed by atoms with Gasteiger partial charge in [0.05, 0.1) is 19.0 Å². The molecule has 32 heavy (non-hydrogen) atoms. The van der Waals surface area contributed by atoms with Crippen molar-refractivity contribution in [1.82, 2.24) is 0 Å². The Morgan fingerprint density at radius 3 is 2.25 bits per heavy atom. The summed E-state index contributed by atoms with van der Waals surface area (Å²) in [5.74, 6) is 1.14. The Morgan fingerprint density at radius 1 is 0.906 bits per heavy atom. The van der Waals surface area contributed by atoms with Gasteiger partial charge in [0.1, 0.15) is 11.5 Å². The first-order valence-corrected chi connectivity index (χ1v) is 11.1. The predicted molar refractivity (Wildman–Crippen MR) is 129 cm³/mol. The van der Waals surface area contributed by atoms with Gasteiger partial charge < -0.3 is 20.1 Å². The molecule has 1 atom stereocenters. The smallest absolute Gasteiger partial charge is 0.255 e. The average Bonchev–Trinajstić information content (AvgIpc) is 2.80. The minimum absolute atomic E-state index is 0.105. The Bertz CT molecular complexity index is 1050. The summed E-state index contributed by atoms with van der Waals surface area (Å²) in [6.07, 6.45) is 0. The van der Waals surface area contributed by atoms with Gasteiger partial charge in [-0.05, 0) is 80.6 Å². The molecule has 3 aromatic rings. The van der Waals surface area contributed by atoms with Crippen molar-refractivity contribution in [3.63, 3.8) is 0 Å². The molecular weight excluding hydrogens is 424 g/mol. The zero-order chi connectivity index (χ0) is 22.9. The molecule has 0 aliphatic rings. The van der Waals surface area contributed by atoms with E-state index in [0.29, 0.717) is 29.3 Å². The van der Waals surface area contributed by atoms with E-state index in [0.717, 1.165) is 10.6 Å².